The number of nitro groups is 1. The number of ether oxygens (including phenoxy) is 2. The minimum Gasteiger partial charge on any atom is -0.486 e. The Morgan fingerprint density at radius 3 is 2.47 bits per heavy atom. The third-order valence-electron chi connectivity index (χ3n) is 4.47. The lowest BCUT2D eigenvalue weighted by atomic mass is 10.2. The van der Waals surface area contributed by atoms with Gasteiger partial charge >= 0.3 is 0 Å². The molecule has 0 amide bonds. The van der Waals surface area contributed by atoms with Gasteiger partial charge in [0.1, 0.15) is 18.9 Å². The monoisotopic (exact) mass is 454 g/mol. The molecular weight excluding hydrogens is 436 g/mol. The van der Waals surface area contributed by atoms with Gasteiger partial charge in [-0.15, -0.1) is 0 Å². The van der Waals surface area contributed by atoms with Gasteiger partial charge in [0.15, 0.2) is 11.5 Å². The van der Waals surface area contributed by atoms with E-state index in [0.717, 1.165) is 6.07 Å². The van der Waals surface area contributed by atoms with Crippen LogP contribution in [0.4, 0.5) is 17.1 Å². The molecule has 0 spiro atoms. The maximum atomic E-state index is 12.6. The van der Waals surface area contributed by atoms with Crippen LogP contribution >= 0.6 is 0 Å². The zero-order valence-electron chi connectivity index (χ0n) is 16.6. The smallest absolute Gasteiger partial charge is 0.295 e. The summed E-state index contributed by atoms with van der Waals surface area (Å²) in [4.78, 5) is 10.6. The number of nitrogens with one attached hydrogen (secondary N) is 2. The van der Waals surface area contributed by atoms with Gasteiger partial charge in [0.05, 0.1) is 16.0 Å². The molecule has 0 bridgehead atoms. The number of nitrogens with zero attached hydrogens (tertiary/aromatic N) is 2. The van der Waals surface area contributed by atoms with Crippen LogP contribution in [0.2, 0.25) is 0 Å². The summed E-state index contributed by atoms with van der Waals surface area (Å²) in [7, 11) is -4.00. The number of benzene rings is 3. The fraction of sp³-hybridized carbons (Fsp3) is 0.0952. The molecule has 164 valence electrons. The Labute approximate surface area is 183 Å². The van der Waals surface area contributed by atoms with Crippen molar-refractivity contribution in [2.45, 2.75) is 4.90 Å². The summed E-state index contributed by atoms with van der Waals surface area (Å²) in [5.41, 5.74) is 3.24. The Morgan fingerprint density at radius 2 is 1.72 bits per heavy atom. The molecule has 0 atom stereocenters. The van der Waals surface area contributed by atoms with Crippen LogP contribution in [-0.2, 0) is 10.0 Å². The summed E-state index contributed by atoms with van der Waals surface area (Å²) in [6, 6.07) is 17.0. The molecule has 1 heterocycles. The average Bonchev–Trinajstić information content (AvgIpc) is 2.79. The lowest BCUT2D eigenvalue weighted by molar-refractivity contribution is -0.384. The molecule has 10 nitrogen and oxygen atoms in total. The lowest BCUT2D eigenvalue weighted by Crippen LogP contribution is -2.15. The minimum absolute atomic E-state index is 0.0439. The van der Waals surface area contributed by atoms with Crippen molar-refractivity contribution in [2.24, 2.45) is 5.10 Å². The summed E-state index contributed by atoms with van der Waals surface area (Å²) in [5.74, 6) is 1.23. The highest BCUT2D eigenvalue weighted by Crippen LogP contribution is 2.31. The fourth-order valence-electron chi connectivity index (χ4n) is 2.96. The number of para-hydroxylation sites is 1. The normalized spacial score (nSPS) is 13.0. The number of fused-ring (bicyclic) bond motifs is 1. The predicted molar refractivity (Wildman–Crippen MR) is 119 cm³/mol. The van der Waals surface area contributed by atoms with Gasteiger partial charge in [-0.25, -0.2) is 8.42 Å². The standard InChI is InChI=1S/C21H18N4O6S/c26-25(27)19-13-17(32(28,29)24-16-4-2-1-3-5-16)7-8-18(19)23-22-14-15-6-9-20-21(12-15)31-11-10-30-20/h1-9,12-14,23-24H,10-11H2/b22-14+. The molecule has 0 aromatic heterocycles. The van der Waals surface area contributed by atoms with Gasteiger partial charge in [0, 0.05) is 11.8 Å². The maximum absolute atomic E-state index is 12.6. The van der Waals surface area contributed by atoms with E-state index in [2.05, 4.69) is 15.2 Å². The Bertz CT molecular complexity index is 1280. The largest absolute Gasteiger partial charge is 0.486 e. The van der Waals surface area contributed by atoms with E-state index in [4.69, 9.17) is 9.47 Å². The maximum Gasteiger partial charge on any atom is 0.295 e. The van der Waals surface area contributed by atoms with Crippen molar-refractivity contribution in [1.29, 1.82) is 0 Å². The van der Waals surface area contributed by atoms with Crippen LogP contribution in [0.3, 0.4) is 0 Å². The molecule has 0 unspecified atom stereocenters. The molecule has 0 fully saturated rings. The van der Waals surface area contributed by atoms with Crippen molar-refractivity contribution in [3.05, 3.63) is 82.4 Å². The molecular formula is C21H18N4O6S. The van der Waals surface area contributed by atoms with Crippen molar-refractivity contribution in [3.63, 3.8) is 0 Å². The number of hydrogen-bond acceptors (Lipinski definition) is 8. The Balaban J connectivity index is 1.53. The van der Waals surface area contributed by atoms with E-state index in [9.17, 15) is 18.5 Å². The van der Waals surface area contributed by atoms with Crippen molar-refractivity contribution in [3.8, 4) is 11.5 Å². The Hall–Kier alpha value is -4.12. The molecule has 32 heavy (non-hydrogen) atoms. The van der Waals surface area contributed by atoms with Crippen molar-refractivity contribution in [2.75, 3.05) is 23.4 Å². The van der Waals surface area contributed by atoms with Crippen LogP contribution in [0, 0.1) is 10.1 Å². The third-order valence-corrected chi connectivity index (χ3v) is 5.85. The third kappa shape index (κ3) is 4.78. The Kier molecular flexibility index (Phi) is 5.90. The van der Waals surface area contributed by atoms with Crippen molar-refractivity contribution < 1.29 is 22.8 Å². The van der Waals surface area contributed by atoms with E-state index in [1.807, 2.05) is 0 Å². The number of hydrogen-bond donors (Lipinski definition) is 2. The van der Waals surface area contributed by atoms with Crippen LogP contribution in [0.1, 0.15) is 5.56 Å². The van der Waals surface area contributed by atoms with Crippen LogP contribution < -0.4 is 19.6 Å². The lowest BCUT2D eigenvalue weighted by Gasteiger charge is -2.18. The van der Waals surface area contributed by atoms with Gasteiger partial charge in [0.2, 0.25) is 0 Å². The predicted octanol–water partition coefficient (Wildman–Crippen LogP) is 3.61. The van der Waals surface area contributed by atoms with Gasteiger partial charge in [0.25, 0.3) is 15.7 Å². The topological polar surface area (TPSA) is 132 Å². The van der Waals surface area contributed by atoms with Gasteiger partial charge in [-0.05, 0) is 48.0 Å². The van der Waals surface area contributed by atoms with Crippen LogP contribution in [0.25, 0.3) is 0 Å². The second kappa shape index (κ2) is 8.94. The number of anilines is 2. The molecule has 0 radical (unpaired) electrons. The fourth-order valence-corrected chi connectivity index (χ4v) is 4.04. The van der Waals surface area contributed by atoms with Crippen LogP contribution in [0.15, 0.2) is 76.7 Å². The molecule has 4 rings (SSSR count). The molecule has 0 saturated carbocycles. The second-order valence-corrected chi connectivity index (χ2v) is 8.36. The van der Waals surface area contributed by atoms with Crippen molar-refractivity contribution >= 4 is 33.3 Å². The Morgan fingerprint density at radius 1 is 0.969 bits per heavy atom. The second-order valence-electron chi connectivity index (χ2n) is 6.68. The minimum atomic E-state index is -4.00. The van der Waals surface area contributed by atoms with Gasteiger partial charge in [-0.1, -0.05) is 18.2 Å². The van der Waals surface area contributed by atoms with Gasteiger partial charge in [-0.2, -0.15) is 5.10 Å². The summed E-state index contributed by atoms with van der Waals surface area (Å²) in [5, 5.41) is 15.5. The van der Waals surface area contributed by atoms with Crippen LogP contribution in [0.5, 0.6) is 11.5 Å². The van der Waals surface area contributed by atoms with Crippen LogP contribution in [-0.4, -0.2) is 32.8 Å². The zero-order chi connectivity index (χ0) is 22.6. The summed E-state index contributed by atoms with van der Waals surface area (Å²) in [6.07, 6.45) is 1.46. The van der Waals surface area contributed by atoms with Gasteiger partial charge in [-0.3, -0.25) is 20.3 Å². The average molecular weight is 454 g/mol. The van der Waals surface area contributed by atoms with E-state index in [-0.39, 0.29) is 10.6 Å². The summed E-state index contributed by atoms with van der Waals surface area (Å²) < 4.78 is 38.5. The molecule has 3 aromatic carbocycles. The van der Waals surface area contributed by atoms with E-state index in [0.29, 0.717) is 36.0 Å². The number of nitro benzene ring substituents is 1. The van der Waals surface area contributed by atoms with Gasteiger partial charge < -0.3 is 9.47 Å². The highest BCUT2D eigenvalue weighted by molar-refractivity contribution is 7.92. The van der Waals surface area contributed by atoms with E-state index < -0.39 is 20.6 Å². The highest BCUT2D eigenvalue weighted by Gasteiger charge is 2.21. The van der Waals surface area contributed by atoms with E-state index in [1.54, 1.807) is 48.5 Å². The number of rotatable bonds is 7. The molecule has 3 aromatic rings. The number of sulfonamides is 1. The summed E-state index contributed by atoms with van der Waals surface area (Å²) in [6.45, 7) is 0.935. The highest BCUT2D eigenvalue weighted by atomic mass is 32.2. The quantitative estimate of drug-likeness (QED) is 0.317. The molecule has 2 N–H and O–H groups in total. The molecule has 11 heteroatoms. The SMILES string of the molecule is O=[N+]([O-])c1cc(S(=O)(=O)Nc2ccccc2)ccc1N/N=C/c1ccc2c(c1)OCCO2. The van der Waals surface area contributed by atoms with E-state index in [1.165, 1.54) is 18.3 Å². The molecule has 1 aliphatic rings. The first-order chi connectivity index (χ1) is 15.4. The number of hydrazone groups is 1. The van der Waals surface area contributed by atoms with Crippen molar-refractivity contribution in [1.82, 2.24) is 0 Å². The zero-order valence-corrected chi connectivity index (χ0v) is 17.4. The summed E-state index contributed by atoms with van der Waals surface area (Å²) >= 11 is 0. The molecule has 1 aliphatic heterocycles. The molecule has 0 saturated heterocycles. The first kappa shape index (κ1) is 21.1. The molecule has 0 aliphatic carbocycles. The first-order valence-electron chi connectivity index (χ1n) is 9.47. The first-order valence-corrected chi connectivity index (χ1v) is 11.0. The van der Waals surface area contributed by atoms with E-state index >= 15 is 0 Å².